The highest BCUT2D eigenvalue weighted by Crippen LogP contribution is 2.27. The summed E-state index contributed by atoms with van der Waals surface area (Å²) >= 11 is 2.15. The van der Waals surface area contributed by atoms with E-state index >= 15 is 0 Å². The maximum Gasteiger partial charge on any atom is 0.0320 e. The zero-order chi connectivity index (χ0) is 13.3. The maximum atomic E-state index is 3.82. The quantitative estimate of drug-likeness (QED) is 0.685. The summed E-state index contributed by atoms with van der Waals surface area (Å²) in [6, 6.07) is 11.5. The van der Waals surface area contributed by atoms with Crippen LogP contribution in [0.15, 0.2) is 30.3 Å². The van der Waals surface area contributed by atoms with Gasteiger partial charge in [0, 0.05) is 17.8 Å². The van der Waals surface area contributed by atoms with Crippen LogP contribution in [-0.2, 0) is 0 Å². The molecule has 0 aliphatic carbocycles. The fraction of sp³-hybridized carbons (Fsp3) is 0.647. The Morgan fingerprint density at radius 3 is 2.79 bits per heavy atom. The molecule has 1 nitrogen and oxygen atoms in total. The van der Waals surface area contributed by atoms with Gasteiger partial charge in [0.05, 0.1) is 0 Å². The highest BCUT2D eigenvalue weighted by Gasteiger charge is 2.17. The molecule has 0 bridgehead atoms. The van der Waals surface area contributed by atoms with Crippen molar-refractivity contribution in [3.05, 3.63) is 35.9 Å². The molecule has 1 N–H and O–H groups in total. The molecule has 1 aromatic rings. The van der Waals surface area contributed by atoms with Crippen molar-refractivity contribution in [1.82, 2.24) is 5.32 Å². The third kappa shape index (κ3) is 5.19. The highest BCUT2D eigenvalue weighted by atomic mass is 32.2. The first-order valence-electron chi connectivity index (χ1n) is 7.80. The molecule has 0 radical (unpaired) electrons. The van der Waals surface area contributed by atoms with Gasteiger partial charge >= 0.3 is 0 Å². The van der Waals surface area contributed by atoms with Crippen molar-refractivity contribution in [2.24, 2.45) is 0 Å². The standard InChI is InChI=1S/C17H27NS/c1-2-3-5-12-17(15-9-6-4-7-10-15)18-14-16-11-8-13-19-16/h4,6-7,9-10,16-18H,2-3,5,8,11-14H2,1H3. The molecule has 1 aliphatic rings. The summed E-state index contributed by atoms with van der Waals surface area (Å²) in [5, 5.41) is 4.66. The fourth-order valence-electron chi connectivity index (χ4n) is 2.75. The number of thioether (sulfide) groups is 1. The van der Waals surface area contributed by atoms with Gasteiger partial charge in [-0.25, -0.2) is 0 Å². The van der Waals surface area contributed by atoms with Crippen molar-refractivity contribution in [3.8, 4) is 0 Å². The van der Waals surface area contributed by atoms with Gasteiger partial charge in [0.2, 0.25) is 0 Å². The van der Waals surface area contributed by atoms with Crippen LogP contribution in [0.1, 0.15) is 57.1 Å². The number of hydrogen-bond acceptors (Lipinski definition) is 2. The van der Waals surface area contributed by atoms with E-state index in [0.717, 1.165) is 5.25 Å². The smallest absolute Gasteiger partial charge is 0.0320 e. The van der Waals surface area contributed by atoms with E-state index in [1.807, 2.05) is 0 Å². The highest BCUT2D eigenvalue weighted by molar-refractivity contribution is 8.00. The molecule has 0 spiro atoms. The summed E-state index contributed by atoms with van der Waals surface area (Å²) < 4.78 is 0. The number of nitrogens with one attached hydrogen (secondary N) is 1. The summed E-state index contributed by atoms with van der Waals surface area (Å²) in [4.78, 5) is 0. The van der Waals surface area contributed by atoms with Gasteiger partial charge in [-0.15, -0.1) is 0 Å². The van der Waals surface area contributed by atoms with Gasteiger partial charge in [-0.3, -0.25) is 0 Å². The molecule has 1 saturated heterocycles. The van der Waals surface area contributed by atoms with Gasteiger partial charge in [0.15, 0.2) is 0 Å². The van der Waals surface area contributed by atoms with Crippen molar-refractivity contribution < 1.29 is 0 Å². The molecule has 1 fully saturated rings. The molecule has 0 aromatic heterocycles. The van der Waals surface area contributed by atoms with Crippen molar-refractivity contribution in [1.29, 1.82) is 0 Å². The lowest BCUT2D eigenvalue weighted by molar-refractivity contribution is 0.471. The zero-order valence-corrected chi connectivity index (χ0v) is 12.9. The van der Waals surface area contributed by atoms with E-state index in [1.165, 1.54) is 56.4 Å². The van der Waals surface area contributed by atoms with Crippen molar-refractivity contribution >= 4 is 11.8 Å². The van der Waals surface area contributed by atoms with E-state index in [-0.39, 0.29) is 0 Å². The van der Waals surface area contributed by atoms with Crippen LogP contribution in [0.3, 0.4) is 0 Å². The Morgan fingerprint density at radius 2 is 2.11 bits per heavy atom. The van der Waals surface area contributed by atoms with Crippen LogP contribution >= 0.6 is 11.8 Å². The lowest BCUT2D eigenvalue weighted by Crippen LogP contribution is -2.28. The molecule has 1 heterocycles. The predicted molar refractivity (Wildman–Crippen MR) is 86.8 cm³/mol. The molecule has 0 amide bonds. The van der Waals surface area contributed by atoms with Gasteiger partial charge in [-0.1, -0.05) is 56.5 Å². The Balaban J connectivity index is 1.85. The molecule has 2 atom stereocenters. The topological polar surface area (TPSA) is 12.0 Å². The number of rotatable bonds is 8. The second-order valence-corrected chi connectivity index (χ2v) is 6.91. The second-order valence-electron chi connectivity index (χ2n) is 5.50. The Morgan fingerprint density at radius 1 is 1.26 bits per heavy atom. The van der Waals surface area contributed by atoms with Gasteiger partial charge in [-0.05, 0) is 30.6 Å². The third-order valence-corrected chi connectivity index (χ3v) is 5.31. The zero-order valence-electron chi connectivity index (χ0n) is 12.1. The average Bonchev–Trinajstić information content (AvgIpc) is 2.97. The van der Waals surface area contributed by atoms with E-state index in [2.05, 4.69) is 54.3 Å². The summed E-state index contributed by atoms with van der Waals surface area (Å²) in [5.74, 6) is 1.36. The minimum Gasteiger partial charge on any atom is -0.309 e. The first-order chi connectivity index (χ1) is 9.40. The molecular formula is C17H27NS. The SMILES string of the molecule is CCCCCC(NCC1CCCS1)c1ccccc1. The van der Waals surface area contributed by atoms with Crippen LogP contribution < -0.4 is 5.32 Å². The van der Waals surface area contributed by atoms with E-state index in [0.29, 0.717) is 6.04 Å². The van der Waals surface area contributed by atoms with E-state index < -0.39 is 0 Å². The van der Waals surface area contributed by atoms with E-state index in [1.54, 1.807) is 0 Å². The van der Waals surface area contributed by atoms with E-state index in [4.69, 9.17) is 0 Å². The van der Waals surface area contributed by atoms with Gasteiger partial charge in [-0.2, -0.15) is 11.8 Å². The number of benzene rings is 1. The van der Waals surface area contributed by atoms with Crippen LogP contribution in [0, 0.1) is 0 Å². The molecule has 106 valence electrons. The van der Waals surface area contributed by atoms with Crippen molar-refractivity contribution in [2.75, 3.05) is 12.3 Å². The van der Waals surface area contributed by atoms with Crippen molar-refractivity contribution in [2.45, 2.75) is 56.7 Å². The minimum atomic E-state index is 0.550. The first-order valence-corrected chi connectivity index (χ1v) is 8.85. The molecule has 2 rings (SSSR count). The van der Waals surface area contributed by atoms with Crippen LogP contribution in [0.2, 0.25) is 0 Å². The summed E-state index contributed by atoms with van der Waals surface area (Å²) in [6.07, 6.45) is 8.07. The Labute approximate surface area is 122 Å². The summed E-state index contributed by atoms with van der Waals surface area (Å²) in [5.41, 5.74) is 1.46. The molecule has 0 saturated carbocycles. The molecule has 2 unspecified atom stereocenters. The summed E-state index contributed by atoms with van der Waals surface area (Å²) in [6.45, 7) is 3.45. The largest absolute Gasteiger partial charge is 0.309 e. The molecule has 2 heteroatoms. The fourth-order valence-corrected chi connectivity index (χ4v) is 3.96. The van der Waals surface area contributed by atoms with Crippen LogP contribution in [0.4, 0.5) is 0 Å². The van der Waals surface area contributed by atoms with Crippen molar-refractivity contribution in [3.63, 3.8) is 0 Å². The second kappa shape index (κ2) is 8.65. The first kappa shape index (κ1) is 14.9. The number of unbranched alkanes of at least 4 members (excludes halogenated alkanes) is 2. The minimum absolute atomic E-state index is 0.550. The molecule has 1 aromatic carbocycles. The van der Waals surface area contributed by atoms with Crippen LogP contribution in [-0.4, -0.2) is 17.5 Å². The van der Waals surface area contributed by atoms with Crippen LogP contribution in [0.25, 0.3) is 0 Å². The lowest BCUT2D eigenvalue weighted by atomic mass is 10.0. The molecule has 1 aliphatic heterocycles. The van der Waals surface area contributed by atoms with Gasteiger partial charge < -0.3 is 5.32 Å². The summed E-state index contributed by atoms with van der Waals surface area (Å²) in [7, 11) is 0. The number of hydrogen-bond donors (Lipinski definition) is 1. The monoisotopic (exact) mass is 277 g/mol. The average molecular weight is 277 g/mol. The third-order valence-electron chi connectivity index (χ3n) is 3.91. The van der Waals surface area contributed by atoms with Gasteiger partial charge in [0.25, 0.3) is 0 Å². The van der Waals surface area contributed by atoms with Crippen LogP contribution in [0.5, 0.6) is 0 Å². The normalized spacial score (nSPS) is 20.6. The Hall–Kier alpha value is -0.470. The Kier molecular flexibility index (Phi) is 6.80. The molecular weight excluding hydrogens is 250 g/mol. The Bertz CT molecular complexity index is 332. The molecule has 19 heavy (non-hydrogen) atoms. The predicted octanol–water partition coefficient (Wildman–Crippen LogP) is 4.79. The van der Waals surface area contributed by atoms with E-state index in [9.17, 15) is 0 Å². The lowest BCUT2D eigenvalue weighted by Gasteiger charge is -2.21. The van der Waals surface area contributed by atoms with Gasteiger partial charge in [0.1, 0.15) is 0 Å². The maximum absolute atomic E-state index is 3.82.